The summed E-state index contributed by atoms with van der Waals surface area (Å²) in [6.07, 6.45) is 0.797. The third kappa shape index (κ3) is 8.50. The summed E-state index contributed by atoms with van der Waals surface area (Å²) in [5.41, 5.74) is 2.89. The number of hydrogen-bond acceptors (Lipinski definition) is 2. The smallest absolute Gasteiger partial charge is 0.322 e. The molecule has 5 nitrogen and oxygen atoms in total. The summed E-state index contributed by atoms with van der Waals surface area (Å²) in [5.74, 6) is -1.69. The molecule has 0 bridgehead atoms. The van der Waals surface area contributed by atoms with Gasteiger partial charge in [-0.05, 0) is 35.2 Å². The molecule has 0 saturated carbocycles. The maximum Gasteiger partial charge on any atom is 0.322 e. The van der Waals surface area contributed by atoms with Crippen LogP contribution in [0, 0.1) is 11.6 Å². The highest BCUT2D eigenvalue weighted by atomic mass is 19.1. The van der Waals surface area contributed by atoms with Crippen molar-refractivity contribution in [2.45, 2.75) is 25.9 Å². The topological polar surface area (TPSA) is 52.7 Å². The summed E-state index contributed by atoms with van der Waals surface area (Å²) in [6, 6.07) is 31.5. The van der Waals surface area contributed by atoms with Crippen LogP contribution in [0.3, 0.4) is 0 Å². The first-order chi connectivity index (χ1) is 19.0. The predicted molar refractivity (Wildman–Crippen MR) is 149 cm³/mol. The largest absolute Gasteiger partial charge is 0.338 e. The van der Waals surface area contributed by atoms with Crippen molar-refractivity contribution in [1.82, 2.24) is 9.80 Å². The Bertz CT molecular complexity index is 1350. The Labute approximate surface area is 227 Å². The highest BCUT2D eigenvalue weighted by molar-refractivity contribution is 5.89. The van der Waals surface area contributed by atoms with Crippen LogP contribution in [-0.2, 0) is 24.3 Å². The lowest BCUT2D eigenvalue weighted by Gasteiger charge is -2.27. The summed E-state index contributed by atoms with van der Waals surface area (Å²) in [6.45, 7) is 1.34. The van der Waals surface area contributed by atoms with Crippen LogP contribution in [-0.4, -0.2) is 34.8 Å². The second-order valence-electron chi connectivity index (χ2n) is 9.25. The molecule has 0 fully saturated rings. The summed E-state index contributed by atoms with van der Waals surface area (Å²) in [7, 11) is 0. The number of nitrogens with one attached hydrogen (secondary N) is 1. The fourth-order valence-electron chi connectivity index (χ4n) is 4.23. The van der Waals surface area contributed by atoms with E-state index >= 15 is 0 Å². The van der Waals surface area contributed by atoms with Gasteiger partial charge in [0.2, 0.25) is 5.91 Å². The molecule has 3 amide bonds. The second-order valence-corrected chi connectivity index (χ2v) is 9.25. The van der Waals surface area contributed by atoms with Crippen molar-refractivity contribution >= 4 is 17.6 Å². The van der Waals surface area contributed by atoms with Crippen molar-refractivity contribution in [3.05, 3.63) is 138 Å². The number of benzene rings is 4. The van der Waals surface area contributed by atoms with Gasteiger partial charge in [0.05, 0.1) is 5.69 Å². The molecule has 4 aromatic carbocycles. The molecular weight excluding hydrogens is 496 g/mol. The zero-order chi connectivity index (χ0) is 27.5. The van der Waals surface area contributed by atoms with Crippen LogP contribution in [0.4, 0.5) is 19.3 Å². The average Bonchev–Trinajstić information content (AvgIpc) is 2.96. The van der Waals surface area contributed by atoms with E-state index in [1.807, 2.05) is 91.0 Å². The third-order valence-corrected chi connectivity index (χ3v) is 6.35. The number of carbonyl (C=O) groups is 2. The number of nitrogens with zero attached hydrogens (tertiary/aromatic N) is 2. The van der Waals surface area contributed by atoms with Gasteiger partial charge < -0.3 is 15.1 Å². The van der Waals surface area contributed by atoms with E-state index in [-0.39, 0.29) is 31.1 Å². The van der Waals surface area contributed by atoms with Crippen molar-refractivity contribution < 1.29 is 18.4 Å². The number of hydrogen-bond donors (Lipinski definition) is 1. The average molecular weight is 528 g/mol. The Hall–Kier alpha value is -4.52. The molecule has 0 aliphatic heterocycles. The van der Waals surface area contributed by atoms with E-state index in [2.05, 4.69) is 5.32 Å². The van der Waals surface area contributed by atoms with Gasteiger partial charge in [0.15, 0.2) is 0 Å². The lowest BCUT2D eigenvalue weighted by atomic mass is 10.1. The zero-order valence-electron chi connectivity index (χ0n) is 21.6. The molecule has 0 spiro atoms. The number of urea groups is 1. The SMILES string of the molecule is O=C(CCN(Cc1ccccc1)C(=O)Nc1ccc(F)cc1F)N(CCc1ccccc1)Cc1ccccc1. The van der Waals surface area contributed by atoms with Crippen molar-refractivity contribution in [1.29, 1.82) is 0 Å². The number of carbonyl (C=O) groups excluding carboxylic acids is 2. The van der Waals surface area contributed by atoms with Crippen LogP contribution in [0.1, 0.15) is 23.1 Å². The van der Waals surface area contributed by atoms with Crippen LogP contribution in [0.5, 0.6) is 0 Å². The summed E-state index contributed by atoms with van der Waals surface area (Å²) in [4.78, 5) is 29.9. The van der Waals surface area contributed by atoms with Crippen molar-refractivity contribution in [2.75, 3.05) is 18.4 Å². The molecule has 0 radical (unpaired) electrons. The highest BCUT2D eigenvalue weighted by Gasteiger charge is 2.20. The number of amides is 3. The summed E-state index contributed by atoms with van der Waals surface area (Å²) in [5, 5.41) is 2.52. The van der Waals surface area contributed by atoms with Gasteiger partial charge in [0, 0.05) is 38.7 Å². The molecule has 0 atom stereocenters. The number of rotatable bonds is 11. The van der Waals surface area contributed by atoms with Gasteiger partial charge in [-0.15, -0.1) is 0 Å². The van der Waals surface area contributed by atoms with Gasteiger partial charge in [-0.3, -0.25) is 4.79 Å². The van der Waals surface area contributed by atoms with Gasteiger partial charge in [0.1, 0.15) is 11.6 Å². The minimum atomic E-state index is -0.867. The van der Waals surface area contributed by atoms with Crippen molar-refractivity contribution in [2.24, 2.45) is 0 Å². The third-order valence-electron chi connectivity index (χ3n) is 6.35. The van der Waals surface area contributed by atoms with Gasteiger partial charge in [-0.1, -0.05) is 91.0 Å². The quantitative estimate of drug-likeness (QED) is 0.237. The van der Waals surface area contributed by atoms with E-state index in [1.165, 1.54) is 11.0 Å². The lowest BCUT2D eigenvalue weighted by Crippen LogP contribution is -2.39. The molecular formula is C32H31F2N3O2. The van der Waals surface area contributed by atoms with Gasteiger partial charge in [-0.2, -0.15) is 0 Å². The molecule has 0 saturated heterocycles. The molecule has 7 heteroatoms. The minimum absolute atomic E-state index is 0.0893. The number of halogens is 2. The molecule has 0 heterocycles. The monoisotopic (exact) mass is 527 g/mol. The first kappa shape index (κ1) is 27.5. The second kappa shape index (κ2) is 13.9. The maximum atomic E-state index is 14.2. The summed E-state index contributed by atoms with van der Waals surface area (Å²) >= 11 is 0. The van der Waals surface area contributed by atoms with Crippen molar-refractivity contribution in [3.63, 3.8) is 0 Å². The minimum Gasteiger partial charge on any atom is -0.338 e. The van der Waals surface area contributed by atoms with Crippen LogP contribution < -0.4 is 5.32 Å². The van der Waals surface area contributed by atoms with E-state index in [0.717, 1.165) is 28.8 Å². The molecule has 0 aliphatic rings. The molecule has 0 unspecified atom stereocenters. The molecule has 0 aromatic heterocycles. The highest BCUT2D eigenvalue weighted by Crippen LogP contribution is 2.17. The Morgan fingerprint density at radius 3 is 1.74 bits per heavy atom. The Balaban J connectivity index is 1.47. The molecule has 4 rings (SSSR count). The van der Waals surface area contributed by atoms with E-state index < -0.39 is 17.7 Å². The molecule has 1 N–H and O–H groups in total. The van der Waals surface area contributed by atoms with E-state index in [1.54, 1.807) is 4.90 Å². The maximum absolute atomic E-state index is 14.2. The van der Waals surface area contributed by atoms with Gasteiger partial charge >= 0.3 is 6.03 Å². The van der Waals surface area contributed by atoms with E-state index in [4.69, 9.17) is 0 Å². The summed E-state index contributed by atoms with van der Waals surface area (Å²) < 4.78 is 27.6. The fourth-order valence-corrected chi connectivity index (χ4v) is 4.23. The molecule has 0 aliphatic carbocycles. The Kier molecular flexibility index (Phi) is 9.78. The Morgan fingerprint density at radius 1 is 0.641 bits per heavy atom. The number of anilines is 1. The van der Waals surface area contributed by atoms with Crippen LogP contribution in [0.2, 0.25) is 0 Å². The van der Waals surface area contributed by atoms with Gasteiger partial charge in [0.25, 0.3) is 0 Å². The lowest BCUT2D eigenvalue weighted by molar-refractivity contribution is -0.132. The van der Waals surface area contributed by atoms with E-state index in [0.29, 0.717) is 19.5 Å². The predicted octanol–water partition coefficient (Wildman–Crippen LogP) is 6.66. The van der Waals surface area contributed by atoms with Crippen LogP contribution >= 0.6 is 0 Å². The normalized spacial score (nSPS) is 10.6. The standard InChI is InChI=1S/C32H31F2N3O2/c33-28-16-17-30(29(34)22-28)35-32(39)37(24-27-14-8-3-9-15-27)21-19-31(38)36(23-26-12-6-2-7-13-26)20-18-25-10-4-1-5-11-25/h1-17,22H,18-21,23-24H2,(H,35,39). The van der Waals surface area contributed by atoms with Crippen molar-refractivity contribution in [3.8, 4) is 0 Å². The van der Waals surface area contributed by atoms with E-state index in [9.17, 15) is 18.4 Å². The molecule has 200 valence electrons. The van der Waals surface area contributed by atoms with Gasteiger partial charge in [-0.25, -0.2) is 13.6 Å². The Morgan fingerprint density at radius 2 is 1.18 bits per heavy atom. The first-order valence-corrected chi connectivity index (χ1v) is 12.9. The van der Waals surface area contributed by atoms with Crippen LogP contribution in [0.25, 0.3) is 0 Å². The van der Waals surface area contributed by atoms with Crippen LogP contribution in [0.15, 0.2) is 109 Å². The molecule has 4 aromatic rings. The first-order valence-electron chi connectivity index (χ1n) is 12.9. The molecule has 39 heavy (non-hydrogen) atoms. The zero-order valence-corrected chi connectivity index (χ0v) is 21.6. The fraction of sp³-hybridized carbons (Fsp3) is 0.188.